The van der Waals surface area contributed by atoms with E-state index in [4.69, 9.17) is 11.6 Å². The number of benzene rings is 3. The Bertz CT molecular complexity index is 1360. The summed E-state index contributed by atoms with van der Waals surface area (Å²) in [6, 6.07) is 13.8. The second-order valence-electron chi connectivity index (χ2n) is 10.1. The van der Waals surface area contributed by atoms with E-state index in [1.807, 2.05) is 0 Å². The lowest BCUT2D eigenvalue weighted by molar-refractivity contribution is -0.124. The van der Waals surface area contributed by atoms with Crippen molar-refractivity contribution in [2.45, 2.75) is 44.7 Å². The number of nitrogens with one attached hydrogen (secondary N) is 3. The molecule has 4 N–H and O–H groups in total. The average Bonchev–Trinajstić information content (AvgIpc) is 3.25. The molecule has 6 nitrogen and oxygen atoms in total. The van der Waals surface area contributed by atoms with Gasteiger partial charge in [-0.1, -0.05) is 43.0 Å². The molecule has 1 aliphatic heterocycles. The van der Waals surface area contributed by atoms with Gasteiger partial charge in [0.1, 0.15) is 5.66 Å². The van der Waals surface area contributed by atoms with Crippen LogP contribution in [0.2, 0.25) is 5.02 Å². The Morgan fingerprint density at radius 1 is 0.974 bits per heavy atom. The van der Waals surface area contributed by atoms with Crippen molar-refractivity contribution in [1.29, 1.82) is 0 Å². The zero-order valence-corrected chi connectivity index (χ0v) is 21.5. The molecule has 3 aromatic rings. The highest BCUT2D eigenvalue weighted by Crippen LogP contribution is 2.49. The fourth-order valence-corrected chi connectivity index (χ4v) is 5.91. The quantitative estimate of drug-likeness (QED) is 0.267. The van der Waals surface area contributed by atoms with Gasteiger partial charge in [0.05, 0.1) is 22.9 Å². The molecule has 0 bridgehead atoms. The van der Waals surface area contributed by atoms with Gasteiger partial charge in [-0.25, -0.2) is 13.6 Å². The Morgan fingerprint density at radius 3 is 2.13 bits per heavy atom. The van der Waals surface area contributed by atoms with Crippen LogP contribution in [0.25, 0.3) is 0 Å². The first-order valence-electron chi connectivity index (χ1n) is 12.6. The van der Waals surface area contributed by atoms with Crippen LogP contribution in [-0.4, -0.2) is 17.0 Å². The summed E-state index contributed by atoms with van der Waals surface area (Å²) < 4.78 is 28.5. The molecule has 0 aromatic heterocycles. The maximum absolute atomic E-state index is 14.2. The van der Waals surface area contributed by atoms with E-state index in [1.165, 1.54) is 12.1 Å². The molecule has 198 valence electrons. The normalized spacial score (nSPS) is 17.2. The highest BCUT2D eigenvalue weighted by molar-refractivity contribution is 6.30. The number of fused-ring (bicyclic) bond motifs is 1. The number of carbonyl (C=O) groups is 2. The number of carboxylic acids is 1. The fourth-order valence-electron chi connectivity index (χ4n) is 5.78. The molecule has 0 spiro atoms. The molecular weight excluding hydrogens is 512 g/mol. The third-order valence-electron chi connectivity index (χ3n) is 7.63. The van der Waals surface area contributed by atoms with Crippen molar-refractivity contribution in [1.82, 2.24) is 0 Å². The van der Waals surface area contributed by atoms with Crippen LogP contribution in [0.3, 0.4) is 0 Å². The maximum Gasteiger partial charge on any atom is 0.335 e. The number of amides is 1. The smallest absolute Gasteiger partial charge is 0.335 e. The number of hydrogen-bond donors (Lipinski definition) is 4. The number of carbonyl (C=O) groups excluding carboxylic acids is 1. The summed E-state index contributed by atoms with van der Waals surface area (Å²) in [5.74, 6) is -4.05. The van der Waals surface area contributed by atoms with Crippen molar-refractivity contribution in [2.75, 3.05) is 16.0 Å². The zero-order chi connectivity index (χ0) is 27.0. The van der Waals surface area contributed by atoms with Crippen molar-refractivity contribution in [3.05, 3.63) is 87.9 Å². The summed E-state index contributed by atoms with van der Waals surface area (Å²) in [5, 5.41) is 19.6. The molecule has 2 aliphatic rings. The molecule has 9 heteroatoms. The number of hydrogen-bond acceptors (Lipinski definition) is 4. The van der Waals surface area contributed by atoms with E-state index in [9.17, 15) is 23.5 Å². The molecule has 1 unspecified atom stereocenters. The van der Waals surface area contributed by atoms with Crippen LogP contribution in [-0.2, 0) is 10.5 Å². The van der Waals surface area contributed by atoms with Crippen molar-refractivity contribution >= 4 is 40.5 Å². The van der Waals surface area contributed by atoms with E-state index in [0.29, 0.717) is 33.2 Å². The third-order valence-corrected chi connectivity index (χ3v) is 7.88. The summed E-state index contributed by atoms with van der Waals surface area (Å²) in [7, 11) is 0. The first kappa shape index (κ1) is 26.0. The van der Waals surface area contributed by atoms with Gasteiger partial charge < -0.3 is 21.1 Å². The molecule has 1 amide bonds. The van der Waals surface area contributed by atoms with E-state index >= 15 is 0 Å². The van der Waals surface area contributed by atoms with Crippen LogP contribution in [0.15, 0.2) is 54.6 Å². The molecule has 0 saturated heterocycles. The van der Waals surface area contributed by atoms with E-state index < -0.39 is 29.2 Å². The fraction of sp³-hybridized carbons (Fsp3) is 0.310. The molecule has 1 heterocycles. The highest BCUT2D eigenvalue weighted by atomic mass is 35.5. The molecule has 1 atom stereocenters. The van der Waals surface area contributed by atoms with Crippen molar-refractivity contribution < 1.29 is 23.5 Å². The first-order valence-corrected chi connectivity index (χ1v) is 13.0. The van der Waals surface area contributed by atoms with E-state index in [1.54, 1.807) is 37.3 Å². The molecule has 0 radical (unpaired) electrons. The van der Waals surface area contributed by atoms with Crippen LogP contribution in [0.5, 0.6) is 0 Å². The molecule has 1 saturated carbocycles. The van der Waals surface area contributed by atoms with Crippen LogP contribution in [0.4, 0.5) is 25.8 Å². The van der Waals surface area contributed by atoms with Gasteiger partial charge in [-0.15, -0.1) is 0 Å². The van der Waals surface area contributed by atoms with E-state index in [0.717, 1.165) is 44.2 Å². The largest absolute Gasteiger partial charge is 0.478 e. The Balaban J connectivity index is 1.61. The topological polar surface area (TPSA) is 90.5 Å². The second kappa shape index (κ2) is 10.3. The standard InChI is InChI=1S/C29H28ClF2N3O3/c1-16-13-18(28(37)38)7-12-23(16)33-27(36)26(17-5-3-2-4-6-17)29(19-8-10-20(30)11-9-19)34-24-14-21(31)22(32)15-25(24)35-29/h7-15,17,26,34-35H,2-6H2,1H3,(H,33,36)(H,37,38). The number of halogens is 3. The minimum Gasteiger partial charge on any atom is -0.478 e. The summed E-state index contributed by atoms with van der Waals surface area (Å²) >= 11 is 6.18. The summed E-state index contributed by atoms with van der Waals surface area (Å²) in [5.41, 5.74) is 1.43. The highest BCUT2D eigenvalue weighted by Gasteiger charge is 2.52. The van der Waals surface area contributed by atoms with Gasteiger partial charge >= 0.3 is 5.97 Å². The lowest BCUT2D eigenvalue weighted by Gasteiger charge is -2.43. The van der Waals surface area contributed by atoms with E-state index in [2.05, 4.69) is 16.0 Å². The number of anilines is 3. The Kier molecular flexibility index (Phi) is 7.01. The van der Waals surface area contributed by atoms with Gasteiger partial charge in [-0.2, -0.15) is 0 Å². The van der Waals surface area contributed by atoms with Crippen LogP contribution < -0.4 is 16.0 Å². The van der Waals surface area contributed by atoms with Gasteiger partial charge in [-0.3, -0.25) is 4.79 Å². The zero-order valence-electron chi connectivity index (χ0n) is 20.8. The molecule has 38 heavy (non-hydrogen) atoms. The van der Waals surface area contributed by atoms with Crippen LogP contribution in [0, 0.1) is 30.4 Å². The monoisotopic (exact) mass is 539 g/mol. The predicted molar refractivity (Wildman–Crippen MR) is 144 cm³/mol. The Morgan fingerprint density at radius 2 is 1.58 bits per heavy atom. The van der Waals surface area contributed by atoms with Crippen LogP contribution >= 0.6 is 11.6 Å². The minimum absolute atomic E-state index is 0.0398. The van der Waals surface area contributed by atoms with Crippen molar-refractivity contribution in [2.24, 2.45) is 11.8 Å². The summed E-state index contributed by atoms with van der Waals surface area (Å²) in [6.07, 6.45) is 4.63. The van der Waals surface area contributed by atoms with Crippen molar-refractivity contribution in [3.63, 3.8) is 0 Å². The SMILES string of the molecule is Cc1cc(C(=O)O)ccc1NC(=O)C(C1CCCCC1)C1(c2ccc(Cl)cc2)Nc2cc(F)c(F)cc2N1. The van der Waals surface area contributed by atoms with E-state index in [-0.39, 0.29) is 17.4 Å². The maximum atomic E-state index is 14.2. The minimum atomic E-state index is -1.21. The average molecular weight is 540 g/mol. The Hall–Kier alpha value is -3.65. The number of aromatic carboxylic acids is 1. The first-order chi connectivity index (χ1) is 18.2. The summed E-state index contributed by atoms with van der Waals surface area (Å²) in [4.78, 5) is 25.6. The van der Waals surface area contributed by atoms with Gasteiger partial charge in [0.15, 0.2) is 11.6 Å². The van der Waals surface area contributed by atoms with Gasteiger partial charge in [0.2, 0.25) is 5.91 Å². The van der Waals surface area contributed by atoms with Crippen molar-refractivity contribution in [3.8, 4) is 0 Å². The molecule has 1 aliphatic carbocycles. The lowest BCUT2D eigenvalue weighted by Crippen LogP contribution is -2.54. The van der Waals surface area contributed by atoms with Gasteiger partial charge in [0.25, 0.3) is 0 Å². The lowest BCUT2D eigenvalue weighted by atomic mass is 9.71. The van der Waals surface area contributed by atoms with Crippen LogP contribution in [0.1, 0.15) is 53.6 Å². The second-order valence-corrected chi connectivity index (χ2v) is 10.5. The predicted octanol–water partition coefficient (Wildman–Crippen LogP) is 7.15. The Labute approximate surface area is 224 Å². The third kappa shape index (κ3) is 4.80. The molecular formula is C29H28ClF2N3O3. The summed E-state index contributed by atoms with van der Waals surface area (Å²) in [6.45, 7) is 1.74. The molecule has 5 rings (SSSR count). The van der Waals surface area contributed by atoms with Gasteiger partial charge in [-0.05, 0) is 67.1 Å². The molecule has 1 fully saturated rings. The van der Waals surface area contributed by atoms with Gasteiger partial charge in [0, 0.05) is 22.8 Å². The number of carboxylic acid groups (broad SMARTS) is 1. The molecule has 3 aromatic carbocycles. The number of rotatable bonds is 6. The number of aryl methyl sites for hydroxylation is 1.